The van der Waals surface area contributed by atoms with E-state index in [9.17, 15) is 9.90 Å². The van der Waals surface area contributed by atoms with E-state index < -0.39 is 5.97 Å². The predicted octanol–water partition coefficient (Wildman–Crippen LogP) is 7.17. The van der Waals surface area contributed by atoms with Gasteiger partial charge in [0.25, 0.3) is 0 Å². The highest BCUT2D eigenvalue weighted by Gasteiger charge is 2.32. The molecule has 0 radical (unpaired) electrons. The predicted molar refractivity (Wildman–Crippen MR) is 135 cm³/mol. The lowest BCUT2D eigenvalue weighted by Gasteiger charge is -2.36. The molecule has 2 fully saturated rings. The zero-order chi connectivity index (χ0) is 24.5. The Morgan fingerprint density at radius 3 is 2.38 bits per heavy atom. The standard InChI is InChI=1S/C29H38FNO3/c1-29(2,3)21-9-12-24(13-10-21)34-25-14-15-26(27(30)18-25)19-6-5-7-22(16-19)31(4)23-11-8-20(17-23)28(32)33/h5-7,14-16,18,20-21,23-24H,8-13,17H2,1-4H3,(H,32,33). The van der Waals surface area contributed by atoms with Gasteiger partial charge in [-0.25, -0.2) is 4.39 Å². The summed E-state index contributed by atoms with van der Waals surface area (Å²) >= 11 is 0. The van der Waals surface area contributed by atoms with Gasteiger partial charge in [-0.1, -0.05) is 32.9 Å². The molecular formula is C29H38FNO3. The van der Waals surface area contributed by atoms with Gasteiger partial charge in [-0.05, 0) is 86.1 Å². The van der Waals surface area contributed by atoms with Gasteiger partial charge in [0, 0.05) is 30.4 Å². The maximum Gasteiger partial charge on any atom is 0.306 e. The SMILES string of the molecule is CN(c1cccc(-c2ccc(OC3CCC(C(C)(C)C)CC3)cc2F)c1)C1CCC(C(=O)O)C1. The molecule has 2 aromatic carbocycles. The van der Waals surface area contributed by atoms with Crippen LogP contribution in [-0.2, 0) is 4.79 Å². The maximum atomic E-state index is 15.1. The van der Waals surface area contributed by atoms with Crippen LogP contribution in [0.2, 0.25) is 0 Å². The van der Waals surface area contributed by atoms with Crippen molar-refractivity contribution in [1.29, 1.82) is 0 Å². The molecule has 0 amide bonds. The fraction of sp³-hybridized carbons (Fsp3) is 0.552. The van der Waals surface area contributed by atoms with E-state index >= 15 is 4.39 Å². The van der Waals surface area contributed by atoms with Crippen molar-refractivity contribution in [2.75, 3.05) is 11.9 Å². The zero-order valence-electron chi connectivity index (χ0n) is 20.9. The number of halogens is 1. The van der Waals surface area contributed by atoms with E-state index in [4.69, 9.17) is 4.74 Å². The monoisotopic (exact) mass is 467 g/mol. The fourth-order valence-electron chi connectivity index (χ4n) is 5.68. The van der Waals surface area contributed by atoms with E-state index in [1.807, 2.05) is 37.4 Å². The van der Waals surface area contributed by atoms with Gasteiger partial charge in [0.05, 0.1) is 12.0 Å². The van der Waals surface area contributed by atoms with Crippen LogP contribution in [0.15, 0.2) is 42.5 Å². The second-order valence-corrected chi connectivity index (χ2v) is 11.3. The van der Waals surface area contributed by atoms with Crippen LogP contribution >= 0.6 is 0 Å². The van der Waals surface area contributed by atoms with Crippen LogP contribution < -0.4 is 9.64 Å². The van der Waals surface area contributed by atoms with Crippen molar-refractivity contribution in [2.45, 2.75) is 77.9 Å². The van der Waals surface area contributed by atoms with Crippen molar-refractivity contribution >= 4 is 11.7 Å². The molecule has 0 aromatic heterocycles. The van der Waals surface area contributed by atoms with Gasteiger partial charge in [-0.15, -0.1) is 0 Å². The van der Waals surface area contributed by atoms with Crippen LogP contribution in [0.5, 0.6) is 5.75 Å². The molecule has 1 N–H and O–H groups in total. The number of rotatable bonds is 6. The Morgan fingerprint density at radius 1 is 1.03 bits per heavy atom. The minimum Gasteiger partial charge on any atom is -0.490 e. The summed E-state index contributed by atoms with van der Waals surface area (Å²) in [5.74, 6) is 0.0448. The molecular weight excluding hydrogens is 429 g/mol. The van der Waals surface area contributed by atoms with Crippen molar-refractivity contribution in [3.8, 4) is 16.9 Å². The van der Waals surface area contributed by atoms with Crippen molar-refractivity contribution in [1.82, 2.24) is 0 Å². The number of aliphatic carboxylic acids is 1. The van der Waals surface area contributed by atoms with Crippen molar-refractivity contribution < 1.29 is 19.0 Å². The Bertz CT molecular complexity index is 1010. The number of hydrogen-bond acceptors (Lipinski definition) is 3. The third kappa shape index (κ3) is 5.56. The van der Waals surface area contributed by atoms with Crippen molar-refractivity contribution in [2.24, 2.45) is 17.3 Å². The number of benzene rings is 2. The molecule has 0 aliphatic heterocycles. The van der Waals surface area contributed by atoms with Crippen molar-refractivity contribution in [3.63, 3.8) is 0 Å². The lowest BCUT2D eigenvalue weighted by atomic mass is 9.72. The van der Waals surface area contributed by atoms with E-state index in [0.29, 0.717) is 29.6 Å². The van der Waals surface area contributed by atoms with E-state index in [0.717, 1.165) is 49.3 Å². The fourth-order valence-corrected chi connectivity index (χ4v) is 5.68. The van der Waals surface area contributed by atoms with E-state index in [2.05, 4.69) is 25.7 Å². The smallest absolute Gasteiger partial charge is 0.306 e. The molecule has 4 nitrogen and oxygen atoms in total. The summed E-state index contributed by atoms with van der Waals surface area (Å²) < 4.78 is 21.3. The van der Waals surface area contributed by atoms with Crippen LogP contribution in [0.3, 0.4) is 0 Å². The highest BCUT2D eigenvalue weighted by Crippen LogP contribution is 2.39. The molecule has 0 heterocycles. The molecule has 0 saturated heterocycles. The van der Waals surface area contributed by atoms with E-state index in [1.165, 1.54) is 6.07 Å². The van der Waals surface area contributed by atoms with Gasteiger partial charge in [0.2, 0.25) is 0 Å². The lowest BCUT2D eigenvalue weighted by Crippen LogP contribution is -2.30. The zero-order valence-corrected chi connectivity index (χ0v) is 20.9. The van der Waals surface area contributed by atoms with Crippen LogP contribution in [0.4, 0.5) is 10.1 Å². The average molecular weight is 468 g/mol. The Morgan fingerprint density at radius 2 is 1.76 bits per heavy atom. The minimum atomic E-state index is -0.712. The number of anilines is 1. The molecule has 0 spiro atoms. The number of carbonyl (C=O) groups is 1. The Balaban J connectivity index is 1.42. The van der Waals surface area contributed by atoms with Gasteiger partial charge >= 0.3 is 5.97 Å². The number of hydrogen-bond donors (Lipinski definition) is 1. The lowest BCUT2D eigenvalue weighted by molar-refractivity contribution is -0.141. The number of carboxylic acid groups (broad SMARTS) is 1. The normalized spacial score (nSPS) is 25.2. The maximum absolute atomic E-state index is 15.1. The van der Waals surface area contributed by atoms with E-state index in [1.54, 1.807) is 6.07 Å². The molecule has 2 aliphatic rings. The summed E-state index contributed by atoms with van der Waals surface area (Å²) in [5.41, 5.74) is 2.67. The molecule has 34 heavy (non-hydrogen) atoms. The number of nitrogens with zero attached hydrogens (tertiary/aromatic N) is 1. The molecule has 5 heteroatoms. The first-order valence-electron chi connectivity index (χ1n) is 12.6. The van der Waals surface area contributed by atoms with Crippen LogP contribution in [0.25, 0.3) is 11.1 Å². The molecule has 4 rings (SSSR count). The average Bonchev–Trinajstić information content (AvgIpc) is 3.29. The van der Waals surface area contributed by atoms with Gasteiger partial charge in [0.1, 0.15) is 11.6 Å². The summed E-state index contributed by atoms with van der Waals surface area (Å²) in [6.45, 7) is 6.92. The van der Waals surface area contributed by atoms with Gasteiger partial charge < -0.3 is 14.7 Å². The third-order valence-electron chi connectivity index (χ3n) is 8.01. The molecule has 2 aliphatic carbocycles. The Hall–Kier alpha value is -2.56. The molecule has 2 atom stereocenters. The third-order valence-corrected chi connectivity index (χ3v) is 8.01. The van der Waals surface area contributed by atoms with Crippen LogP contribution in [0, 0.1) is 23.1 Å². The summed E-state index contributed by atoms with van der Waals surface area (Å²) in [6, 6.07) is 13.2. The Kier molecular flexibility index (Phi) is 7.20. The Labute approximate surface area is 203 Å². The summed E-state index contributed by atoms with van der Waals surface area (Å²) in [7, 11) is 2.00. The van der Waals surface area contributed by atoms with Crippen LogP contribution in [-0.4, -0.2) is 30.3 Å². The highest BCUT2D eigenvalue weighted by atomic mass is 19.1. The van der Waals surface area contributed by atoms with Crippen LogP contribution in [0.1, 0.15) is 65.7 Å². The summed E-state index contributed by atoms with van der Waals surface area (Å²) in [4.78, 5) is 13.5. The molecule has 2 aromatic rings. The molecule has 2 unspecified atom stereocenters. The minimum absolute atomic E-state index is 0.155. The number of ether oxygens (including phenoxy) is 1. The number of carboxylic acids is 1. The molecule has 2 saturated carbocycles. The van der Waals surface area contributed by atoms with Crippen molar-refractivity contribution in [3.05, 3.63) is 48.3 Å². The highest BCUT2D eigenvalue weighted by molar-refractivity contribution is 5.71. The first-order chi connectivity index (χ1) is 16.1. The first-order valence-corrected chi connectivity index (χ1v) is 12.6. The first kappa shape index (κ1) is 24.6. The second kappa shape index (κ2) is 9.97. The van der Waals surface area contributed by atoms with Gasteiger partial charge in [-0.2, -0.15) is 0 Å². The largest absolute Gasteiger partial charge is 0.490 e. The second-order valence-electron chi connectivity index (χ2n) is 11.3. The quantitative estimate of drug-likeness (QED) is 0.489. The molecule has 184 valence electrons. The molecule has 0 bridgehead atoms. The summed E-state index contributed by atoms with van der Waals surface area (Å²) in [5, 5.41) is 9.31. The van der Waals surface area contributed by atoms with E-state index in [-0.39, 0.29) is 23.9 Å². The van der Waals surface area contributed by atoms with Gasteiger partial charge in [-0.3, -0.25) is 4.79 Å². The summed E-state index contributed by atoms with van der Waals surface area (Å²) in [6.07, 6.45) is 6.71. The topological polar surface area (TPSA) is 49.8 Å². The van der Waals surface area contributed by atoms with Gasteiger partial charge in [0.15, 0.2) is 0 Å².